The smallest absolute Gasteiger partial charge is 0.370 e. The summed E-state index contributed by atoms with van der Waals surface area (Å²) in [5.74, 6) is -3.92. The van der Waals surface area contributed by atoms with Gasteiger partial charge in [0.25, 0.3) is 0 Å². The molecule has 0 spiro atoms. The summed E-state index contributed by atoms with van der Waals surface area (Å²) in [5, 5.41) is 55.9. The largest absolute Gasteiger partial charge is 0.478 e. The zero-order valence-electron chi connectivity index (χ0n) is 17.7. The number of carbonyl (C=O) groups excluding carboxylic acids is 1. The average Bonchev–Trinajstić information content (AvgIpc) is 3.17. The number of halogens is 1. The van der Waals surface area contributed by atoms with Gasteiger partial charge < -0.3 is 30.5 Å². The van der Waals surface area contributed by atoms with Crippen molar-refractivity contribution in [1.82, 2.24) is 15.1 Å². The molecule has 2 aromatic rings. The van der Waals surface area contributed by atoms with Crippen molar-refractivity contribution < 1.29 is 39.1 Å². The number of benzene rings is 1. The van der Waals surface area contributed by atoms with E-state index in [1.165, 1.54) is 12.1 Å². The molecule has 1 aliphatic rings. The number of aliphatic carboxylic acids is 1. The number of nitrogens with zero attached hydrogens (tertiary/aromatic N) is 3. The molecule has 0 unspecified atom stereocenters. The third kappa shape index (κ3) is 4.51. The fourth-order valence-electron chi connectivity index (χ4n) is 3.60. The average molecular weight is 462 g/mol. The molecule has 0 saturated heterocycles. The van der Waals surface area contributed by atoms with Gasteiger partial charge in [0.2, 0.25) is 11.7 Å². The van der Waals surface area contributed by atoms with E-state index >= 15 is 0 Å². The Morgan fingerprint density at radius 1 is 1.36 bits per heavy atom. The SMILES string of the molecule is CC(C)C(=O)N[C@H]1[C@H]([C@H](O)[C@H](O)CO)OC(C(=O)O)=C[C@@H]1n1nc2cccc(F)c2c1C#N. The summed E-state index contributed by atoms with van der Waals surface area (Å²) in [5.41, 5.74) is -0.125. The molecule has 12 heteroatoms. The number of aromatic nitrogens is 2. The van der Waals surface area contributed by atoms with Gasteiger partial charge in [0.05, 0.1) is 29.6 Å². The van der Waals surface area contributed by atoms with E-state index in [9.17, 15) is 39.7 Å². The van der Waals surface area contributed by atoms with Crippen molar-refractivity contribution in [2.45, 2.75) is 44.2 Å². The summed E-state index contributed by atoms with van der Waals surface area (Å²) in [4.78, 5) is 24.3. The van der Waals surface area contributed by atoms with E-state index in [0.29, 0.717) is 0 Å². The van der Waals surface area contributed by atoms with Gasteiger partial charge in [0.1, 0.15) is 35.9 Å². The van der Waals surface area contributed by atoms with Crippen LogP contribution >= 0.6 is 0 Å². The Labute approximate surface area is 187 Å². The number of carboxylic acid groups (broad SMARTS) is 1. The van der Waals surface area contributed by atoms with Gasteiger partial charge in [-0.05, 0) is 18.2 Å². The number of nitrogens with one attached hydrogen (secondary N) is 1. The van der Waals surface area contributed by atoms with Crippen LogP contribution in [0.15, 0.2) is 30.0 Å². The number of amides is 1. The minimum absolute atomic E-state index is 0.0989. The number of hydrogen-bond acceptors (Lipinski definition) is 8. The fraction of sp³-hybridized carbons (Fsp3) is 0.429. The number of aliphatic hydroxyl groups is 3. The summed E-state index contributed by atoms with van der Waals surface area (Å²) in [6, 6.07) is 3.37. The summed E-state index contributed by atoms with van der Waals surface area (Å²) < 4.78 is 20.9. The third-order valence-electron chi connectivity index (χ3n) is 5.33. The topological polar surface area (TPSA) is 178 Å². The molecule has 1 aliphatic heterocycles. The minimum Gasteiger partial charge on any atom is -0.478 e. The molecule has 176 valence electrons. The number of rotatable bonds is 7. The Kier molecular flexibility index (Phi) is 6.97. The van der Waals surface area contributed by atoms with Crippen LogP contribution in [0.4, 0.5) is 4.39 Å². The van der Waals surface area contributed by atoms with Crippen LogP contribution in [0.3, 0.4) is 0 Å². The summed E-state index contributed by atoms with van der Waals surface area (Å²) in [6.45, 7) is 2.32. The first-order valence-corrected chi connectivity index (χ1v) is 10.1. The van der Waals surface area contributed by atoms with Gasteiger partial charge in [0.15, 0.2) is 0 Å². The molecular formula is C21H23FN4O7. The predicted molar refractivity (Wildman–Crippen MR) is 110 cm³/mol. The molecule has 5 N–H and O–H groups in total. The molecule has 0 bridgehead atoms. The second kappa shape index (κ2) is 9.53. The van der Waals surface area contributed by atoms with Crippen LogP contribution in [0, 0.1) is 23.1 Å². The standard InChI is InChI=1S/C21H23FN4O7/c1-9(2)20(30)24-17-12(6-15(21(31)32)33-19(17)18(29)14(28)8-27)26-13(7-23)16-10(22)4-3-5-11(16)25-26/h3-6,9,12,14,17-19,27-29H,8H2,1-2H3,(H,24,30)(H,31,32)/t12-,14+,17+,18+,19+/m0/s1. The van der Waals surface area contributed by atoms with Gasteiger partial charge in [-0.25, -0.2) is 13.9 Å². The van der Waals surface area contributed by atoms with Crippen LogP contribution in [0.5, 0.6) is 0 Å². The quantitative estimate of drug-likeness (QED) is 0.373. The number of carbonyl (C=O) groups is 2. The summed E-state index contributed by atoms with van der Waals surface area (Å²) in [6.07, 6.45) is -4.04. The fourth-order valence-corrected chi connectivity index (χ4v) is 3.60. The number of carboxylic acids is 1. The molecule has 3 rings (SSSR count). The van der Waals surface area contributed by atoms with E-state index in [2.05, 4.69) is 10.4 Å². The lowest BCUT2D eigenvalue weighted by molar-refractivity contribution is -0.147. The van der Waals surface area contributed by atoms with Crippen LogP contribution in [-0.4, -0.2) is 73.0 Å². The van der Waals surface area contributed by atoms with Gasteiger partial charge in [-0.3, -0.25) is 4.79 Å². The molecule has 1 amide bonds. The molecule has 0 fully saturated rings. The Hall–Kier alpha value is -3.53. The molecule has 0 aliphatic carbocycles. The third-order valence-corrected chi connectivity index (χ3v) is 5.33. The highest BCUT2D eigenvalue weighted by molar-refractivity contribution is 5.86. The predicted octanol–water partition coefficient (Wildman–Crippen LogP) is -0.190. The van der Waals surface area contributed by atoms with Gasteiger partial charge >= 0.3 is 5.97 Å². The Morgan fingerprint density at radius 2 is 2.06 bits per heavy atom. The molecular weight excluding hydrogens is 439 g/mol. The first-order valence-electron chi connectivity index (χ1n) is 10.1. The molecule has 2 heterocycles. The lowest BCUT2D eigenvalue weighted by Crippen LogP contribution is -2.59. The molecule has 1 aromatic carbocycles. The minimum atomic E-state index is -1.83. The first kappa shape index (κ1) is 24.1. The molecule has 5 atom stereocenters. The van der Waals surface area contributed by atoms with E-state index in [1.807, 2.05) is 6.07 Å². The lowest BCUT2D eigenvalue weighted by Gasteiger charge is -2.40. The van der Waals surface area contributed by atoms with E-state index < -0.39 is 66.4 Å². The van der Waals surface area contributed by atoms with Crippen LogP contribution < -0.4 is 5.32 Å². The van der Waals surface area contributed by atoms with E-state index in [-0.39, 0.29) is 16.6 Å². The van der Waals surface area contributed by atoms with Crippen LogP contribution in [0.1, 0.15) is 25.6 Å². The van der Waals surface area contributed by atoms with Crippen molar-refractivity contribution in [3.8, 4) is 6.07 Å². The Morgan fingerprint density at radius 3 is 2.64 bits per heavy atom. The van der Waals surface area contributed by atoms with Crippen molar-refractivity contribution in [2.75, 3.05) is 6.61 Å². The maximum Gasteiger partial charge on any atom is 0.370 e. The van der Waals surface area contributed by atoms with Crippen LogP contribution in [0.25, 0.3) is 10.9 Å². The highest BCUT2D eigenvalue weighted by Crippen LogP contribution is 2.33. The normalized spacial score (nSPS) is 22.2. The number of nitriles is 1. The summed E-state index contributed by atoms with van der Waals surface area (Å²) in [7, 11) is 0. The Balaban J connectivity index is 2.24. The van der Waals surface area contributed by atoms with Crippen LogP contribution in [-0.2, 0) is 14.3 Å². The van der Waals surface area contributed by atoms with Crippen molar-refractivity contribution >= 4 is 22.8 Å². The van der Waals surface area contributed by atoms with E-state index in [0.717, 1.165) is 16.8 Å². The van der Waals surface area contributed by atoms with Crippen molar-refractivity contribution in [3.63, 3.8) is 0 Å². The van der Waals surface area contributed by atoms with E-state index in [1.54, 1.807) is 13.8 Å². The maximum absolute atomic E-state index is 14.5. The molecule has 1 aromatic heterocycles. The van der Waals surface area contributed by atoms with Gasteiger partial charge in [-0.2, -0.15) is 10.4 Å². The zero-order valence-corrected chi connectivity index (χ0v) is 17.7. The second-order valence-corrected chi connectivity index (χ2v) is 7.88. The number of hydrogen-bond donors (Lipinski definition) is 5. The lowest BCUT2D eigenvalue weighted by atomic mass is 9.91. The monoisotopic (exact) mass is 462 g/mol. The summed E-state index contributed by atoms with van der Waals surface area (Å²) >= 11 is 0. The van der Waals surface area contributed by atoms with Gasteiger partial charge in [0, 0.05) is 5.92 Å². The zero-order chi connectivity index (χ0) is 24.4. The number of ether oxygens (including phenoxy) is 1. The highest BCUT2D eigenvalue weighted by atomic mass is 19.1. The number of aliphatic hydroxyl groups excluding tert-OH is 3. The van der Waals surface area contributed by atoms with E-state index in [4.69, 9.17) is 4.74 Å². The molecule has 0 radical (unpaired) electrons. The van der Waals surface area contributed by atoms with Gasteiger partial charge in [-0.15, -0.1) is 0 Å². The maximum atomic E-state index is 14.5. The number of fused-ring (bicyclic) bond motifs is 1. The second-order valence-electron chi connectivity index (χ2n) is 7.88. The van der Waals surface area contributed by atoms with Gasteiger partial charge in [-0.1, -0.05) is 19.9 Å². The molecule has 0 saturated carbocycles. The molecule has 33 heavy (non-hydrogen) atoms. The van der Waals surface area contributed by atoms with Crippen LogP contribution in [0.2, 0.25) is 0 Å². The molecule has 11 nitrogen and oxygen atoms in total. The van der Waals surface area contributed by atoms with Crippen molar-refractivity contribution in [3.05, 3.63) is 41.5 Å². The van der Waals surface area contributed by atoms with Crippen molar-refractivity contribution in [2.24, 2.45) is 5.92 Å². The van der Waals surface area contributed by atoms with Crippen molar-refractivity contribution in [1.29, 1.82) is 5.26 Å². The first-order chi connectivity index (χ1) is 15.6. The Bertz CT molecular complexity index is 1140. The highest BCUT2D eigenvalue weighted by Gasteiger charge is 2.45.